The van der Waals surface area contributed by atoms with Gasteiger partial charge in [0.1, 0.15) is 5.75 Å². The van der Waals surface area contributed by atoms with Crippen LogP contribution in [0.1, 0.15) is 18.4 Å². The molecule has 0 saturated carbocycles. The molecule has 2 atom stereocenters. The third-order valence-corrected chi connectivity index (χ3v) is 8.21. The minimum absolute atomic E-state index is 0.425. The summed E-state index contributed by atoms with van der Waals surface area (Å²) in [7, 11) is -22.6. The molecule has 1 aliphatic rings. The van der Waals surface area contributed by atoms with Gasteiger partial charge in [0.05, 0.1) is 0 Å². The summed E-state index contributed by atoms with van der Waals surface area (Å²) >= 11 is 0. The van der Waals surface area contributed by atoms with E-state index < -0.39 is 31.3 Å². The van der Waals surface area contributed by atoms with E-state index in [1.165, 1.54) is 25.9 Å². The fourth-order valence-electron chi connectivity index (χ4n) is 2.26. The van der Waals surface area contributed by atoms with Crippen molar-refractivity contribution >= 4 is 31.3 Å². The quantitative estimate of drug-likeness (QED) is 0.242. The summed E-state index contributed by atoms with van der Waals surface area (Å²) in [5, 5.41) is 9.54. The molecule has 1 aromatic carbocycles. The predicted molar refractivity (Wildman–Crippen MR) is 99.6 cm³/mol. The van der Waals surface area contributed by atoms with Gasteiger partial charge < -0.3 is 34.5 Å². The van der Waals surface area contributed by atoms with Gasteiger partial charge in [-0.1, -0.05) is 18.2 Å². The van der Waals surface area contributed by atoms with Crippen LogP contribution in [0.5, 0.6) is 5.75 Å². The topological polar surface area (TPSA) is 241 Å². The molecule has 15 nitrogen and oxygen atoms in total. The maximum atomic E-state index is 10.7. The molecule has 0 radical (unpaired) electrons. The zero-order chi connectivity index (χ0) is 23.2. The van der Waals surface area contributed by atoms with Crippen LogP contribution in [0, 0.1) is 0 Å². The third kappa shape index (κ3) is 12.4. The Morgan fingerprint density at radius 2 is 1.20 bits per heavy atom. The van der Waals surface area contributed by atoms with Crippen LogP contribution in [0.15, 0.2) is 24.3 Å². The van der Waals surface area contributed by atoms with Gasteiger partial charge in [-0.25, -0.2) is 18.3 Å². The second-order valence-corrected chi connectivity index (χ2v) is 11.6. The number of hydrogen-bond donors (Lipinski definition) is 7. The molecule has 1 aliphatic heterocycles. The van der Waals surface area contributed by atoms with E-state index in [-0.39, 0.29) is 0 Å². The highest BCUT2D eigenvalue weighted by Crippen LogP contribution is 2.69. The first-order chi connectivity index (χ1) is 13.5. The lowest BCUT2D eigenvalue weighted by Crippen LogP contribution is -2.18. The Morgan fingerprint density at radius 3 is 1.60 bits per heavy atom. The molecular formula is C11H21NO14P4. The third-order valence-electron chi connectivity index (χ3n) is 3.21. The van der Waals surface area contributed by atoms with Crippen LogP contribution in [0.2, 0.25) is 0 Å². The summed E-state index contributed by atoms with van der Waals surface area (Å²) in [5.74, 6) is 0.425. The first-order valence-corrected chi connectivity index (χ1v) is 13.9. The summed E-state index contributed by atoms with van der Waals surface area (Å²) < 4.78 is 50.9. The van der Waals surface area contributed by atoms with Crippen molar-refractivity contribution in [2.75, 3.05) is 13.1 Å². The number of likely N-dealkylation sites (tertiary alicyclic amines) is 1. The second kappa shape index (κ2) is 10.9. The molecule has 19 heteroatoms. The van der Waals surface area contributed by atoms with E-state index in [0.717, 1.165) is 12.1 Å². The molecule has 2 rings (SSSR count). The monoisotopic (exact) mass is 515 g/mol. The van der Waals surface area contributed by atoms with E-state index in [0.29, 0.717) is 5.75 Å². The molecule has 2 unspecified atom stereocenters. The minimum atomic E-state index is -5.77. The van der Waals surface area contributed by atoms with Gasteiger partial charge in [-0.2, -0.15) is 12.9 Å². The van der Waals surface area contributed by atoms with Crippen molar-refractivity contribution < 1.29 is 65.7 Å². The van der Waals surface area contributed by atoms with Gasteiger partial charge in [-0.3, -0.25) is 4.90 Å². The molecule has 0 aliphatic carbocycles. The molecule has 1 aromatic rings. The number of phenols is 1. The summed E-state index contributed by atoms with van der Waals surface area (Å²) in [4.78, 5) is 51.8. The van der Waals surface area contributed by atoms with E-state index in [1.54, 1.807) is 6.07 Å². The van der Waals surface area contributed by atoms with Crippen molar-refractivity contribution in [2.24, 2.45) is 0 Å². The smallest absolute Gasteiger partial charge is 0.490 e. The van der Waals surface area contributed by atoms with E-state index in [1.807, 2.05) is 18.2 Å². The lowest BCUT2D eigenvalue weighted by molar-refractivity contribution is 0.194. The summed E-state index contributed by atoms with van der Waals surface area (Å²) in [6.45, 7) is 3.25. The molecule has 1 heterocycles. The fourth-order valence-corrected chi connectivity index (χ4v) is 6.22. The number of phenolic OH excluding ortho intramolecular Hbond substituents is 1. The Bertz CT molecular complexity index is 848. The van der Waals surface area contributed by atoms with E-state index in [9.17, 15) is 23.4 Å². The van der Waals surface area contributed by atoms with Gasteiger partial charge >= 0.3 is 31.3 Å². The van der Waals surface area contributed by atoms with Crippen molar-refractivity contribution in [1.29, 1.82) is 0 Å². The molecule has 0 amide bonds. The number of phosphoric acid groups is 4. The Hall–Kier alpha value is -0.460. The van der Waals surface area contributed by atoms with Crippen LogP contribution in [0.4, 0.5) is 0 Å². The standard InChI is InChI=1S/C11H15NO.H6O13P4/c13-11-6-2-1-5-10(11)9-12-7-3-4-8-12;1-14(2,3)11-16(7,8)13-17(9,10)12-15(4,5)6/h1-2,5-6,13H,3-4,7-9H2;(H,7,8)(H,9,10)(H2,1,2,3)(H2,4,5,6). The summed E-state index contributed by atoms with van der Waals surface area (Å²) in [6.07, 6.45) is 2.60. The number of nitrogens with zero attached hydrogens (tertiary/aromatic N) is 1. The first kappa shape index (κ1) is 27.6. The summed E-state index contributed by atoms with van der Waals surface area (Å²) in [5.41, 5.74) is 1.05. The van der Waals surface area contributed by atoms with Crippen molar-refractivity contribution in [1.82, 2.24) is 4.90 Å². The highest BCUT2D eigenvalue weighted by atomic mass is 31.3. The van der Waals surface area contributed by atoms with E-state index >= 15 is 0 Å². The van der Waals surface area contributed by atoms with Crippen LogP contribution < -0.4 is 0 Å². The van der Waals surface area contributed by atoms with E-state index in [4.69, 9.17) is 29.4 Å². The van der Waals surface area contributed by atoms with Crippen LogP contribution in [-0.4, -0.2) is 52.5 Å². The van der Waals surface area contributed by atoms with Crippen LogP contribution >= 0.6 is 31.3 Å². The number of aromatic hydroxyl groups is 1. The Morgan fingerprint density at radius 1 is 0.767 bits per heavy atom. The molecule has 1 saturated heterocycles. The normalized spacial score (nSPS) is 19.4. The molecule has 30 heavy (non-hydrogen) atoms. The Labute approximate surface area is 170 Å². The van der Waals surface area contributed by atoms with Crippen molar-refractivity contribution in [3.8, 4) is 5.75 Å². The van der Waals surface area contributed by atoms with E-state index in [2.05, 4.69) is 17.8 Å². The number of rotatable bonds is 8. The zero-order valence-electron chi connectivity index (χ0n) is 15.1. The number of benzene rings is 1. The number of hydrogen-bond acceptors (Lipinski definition) is 9. The van der Waals surface area contributed by atoms with Crippen LogP contribution in [0.25, 0.3) is 0 Å². The maximum absolute atomic E-state index is 10.7. The molecule has 0 aromatic heterocycles. The van der Waals surface area contributed by atoms with Crippen LogP contribution in [0.3, 0.4) is 0 Å². The SMILES string of the molecule is O=P(O)(O)OP(=O)(O)OP(=O)(O)OP(=O)(O)O.Oc1ccccc1CN1CCCC1. The van der Waals surface area contributed by atoms with Crippen molar-refractivity contribution in [3.05, 3.63) is 29.8 Å². The predicted octanol–water partition coefficient (Wildman–Crippen LogP) is 1.41. The highest BCUT2D eigenvalue weighted by molar-refractivity contribution is 7.69. The molecule has 0 bridgehead atoms. The number of para-hydroxylation sites is 1. The van der Waals surface area contributed by atoms with Gasteiger partial charge in [0.25, 0.3) is 0 Å². The minimum Gasteiger partial charge on any atom is -0.508 e. The molecule has 174 valence electrons. The lowest BCUT2D eigenvalue weighted by atomic mass is 10.2. The fraction of sp³-hybridized carbons (Fsp3) is 0.455. The Kier molecular flexibility index (Phi) is 10.0. The van der Waals surface area contributed by atoms with Gasteiger partial charge in [-0.05, 0) is 32.0 Å². The second-order valence-electron chi connectivity index (χ2n) is 5.78. The average molecular weight is 515 g/mol. The molecule has 7 N–H and O–H groups in total. The van der Waals surface area contributed by atoms with Gasteiger partial charge in [0.15, 0.2) is 0 Å². The average Bonchev–Trinajstić information content (AvgIpc) is 2.96. The van der Waals surface area contributed by atoms with Gasteiger partial charge in [-0.15, -0.1) is 0 Å². The van der Waals surface area contributed by atoms with Gasteiger partial charge in [0, 0.05) is 12.1 Å². The van der Waals surface area contributed by atoms with Crippen molar-refractivity contribution in [3.63, 3.8) is 0 Å². The molecular weight excluding hydrogens is 494 g/mol. The Balaban J connectivity index is 0.000000308. The molecule has 0 spiro atoms. The first-order valence-electron chi connectivity index (χ1n) is 7.88. The molecule has 1 fully saturated rings. The zero-order valence-corrected chi connectivity index (χ0v) is 18.6. The maximum Gasteiger partial charge on any atom is 0.490 e. The van der Waals surface area contributed by atoms with Crippen molar-refractivity contribution in [2.45, 2.75) is 19.4 Å². The summed E-state index contributed by atoms with van der Waals surface area (Å²) in [6, 6.07) is 7.59. The largest absolute Gasteiger partial charge is 0.508 e. The van der Waals surface area contributed by atoms with Gasteiger partial charge in [0.2, 0.25) is 0 Å². The highest BCUT2D eigenvalue weighted by Gasteiger charge is 2.43. The van der Waals surface area contributed by atoms with Crippen LogP contribution in [-0.2, 0) is 37.7 Å². The lowest BCUT2D eigenvalue weighted by Gasteiger charge is -2.15.